The molecule has 3 aliphatic rings. The third-order valence-corrected chi connectivity index (χ3v) is 8.13. The fourth-order valence-electron chi connectivity index (χ4n) is 4.00. The average molecular weight is 485 g/mol. The maximum absolute atomic E-state index is 12.9. The van der Waals surface area contributed by atoms with Crippen molar-refractivity contribution in [1.29, 1.82) is 0 Å². The largest absolute Gasteiger partial charge is 0.463 e. The first-order chi connectivity index (χ1) is 13.9. The first-order valence-corrected chi connectivity index (χ1v) is 12.1. The standard InChI is InChI=1S/C19H25BrN4O4S/c20-16-1-3-17(4-2-16)29(26,27)24-12-10-22(11-13-24)18(25)15-5-8-23(9-6-15)19-21-7-14-28-19/h1-4,15H,5-14H2. The molecule has 1 aromatic carbocycles. The van der Waals surface area contributed by atoms with Gasteiger partial charge >= 0.3 is 0 Å². The van der Waals surface area contributed by atoms with E-state index < -0.39 is 10.0 Å². The molecule has 1 amide bonds. The smallest absolute Gasteiger partial charge is 0.287 e. The first kappa shape index (κ1) is 20.6. The molecule has 2 fully saturated rings. The van der Waals surface area contributed by atoms with E-state index in [9.17, 15) is 13.2 Å². The minimum absolute atomic E-state index is 0.0112. The summed E-state index contributed by atoms with van der Waals surface area (Å²) < 4.78 is 33.4. The Balaban J connectivity index is 1.30. The monoisotopic (exact) mass is 484 g/mol. The summed E-state index contributed by atoms with van der Waals surface area (Å²) >= 11 is 3.32. The molecule has 3 heterocycles. The van der Waals surface area contributed by atoms with E-state index in [1.54, 1.807) is 24.3 Å². The molecule has 3 aliphatic heterocycles. The Morgan fingerprint density at radius 2 is 1.69 bits per heavy atom. The lowest BCUT2D eigenvalue weighted by atomic mass is 9.95. The Morgan fingerprint density at radius 1 is 1.03 bits per heavy atom. The minimum Gasteiger partial charge on any atom is -0.463 e. The van der Waals surface area contributed by atoms with E-state index >= 15 is 0 Å². The van der Waals surface area contributed by atoms with Crippen molar-refractivity contribution in [2.45, 2.75) is 17.7 Å². The van der Waals surface area contributed by atoms with Crippen LogP contribution in [0.3, 0.4) is 0 Å². The SMILES string of the molecule is O=C(C1CCN(C2=NCCO2)CC1)N1CCN(S(=O)(=O)c2ccc(Br)cc2)CC1. The first-order valence-electron chi connectivity index (χ1n) is 9.92. The highest BCUT2D eigenvalue weighted by atomic mass is 79.9. The zero-order valence-electron chi connectivity index (χ0n) is 16.2. The van der Waals surface area contributed by atoms with Crippen molar-refractivity contribution in [3.05, 3.63) is 28.7 Å². The van der Waals surface area contributed by atoms with Crippen molar-refractivity contribution in [1.82, 2.24) is 14.1 Å². The lowest BCUT2D eigenvalue weighted by Gasteiger charge is -2.38. The second-order valence-electron chi connectivity index (χ2n) is 7.46. The number of carbonyl (C=O) groups is 1. The Kier molecular flexibility index (Phi) is 6.12. The second kappa shape index (κ2) is 8.61. The second-order valence-corrected chi connectivity index (χ2v) is 10.3. The predicted octanol–water partition coefficient (Wildman–Crippen LogP) is 1.38. The normalized spacial score (nSPS) is 21.8. The van der Waals surface area contributed by atoms with Crippen LogP contribution in [0.25, 0.3) is 0 Å². The van der Waals surface area contributed by atoms with Crippen LogP contribution in [0.5, 0.6) is 0 Å². The highest BCUT2D eigenvalue weighted by molar-refractivity contribution is 9.10. The molecule has 0 radical (unpaired) electrons. The fraction of sp³-hybridized carbons (Fsp3) is 0.579. The van der Waals surface area contributed by atoms with Crippen LogP contribution in [0, 0.1) is 5.92 Å². The summed E-state index contributed by atoms with van der Waals surface area (Å²) in [6, 6.07) is 7.36. The van der Waals surface area contributed by atoms with Gasteiger partial charge in [-0.25, -0.2) is 13.4 Å². The van der Waals surface area contributed by atoms with E-state index in [1.807, 2.05) is 4.90 Å². The molecule has 0 aliphatic carbocycles. The molecule has 0 saturated carbocycles. The summed E-state index contributed by atoms with van der Waals surface area (Å²) in [5.74, 6) is 0.127. The van der Waals surface area contributed by atoms with E-state index in [-0.39, 0.29) is 16.7 Å². The summed E-state index contributed by atoms with van der Waals surface area (Å²) in [6.07, 6.45) is 1.55. The van der Waals surface area contributed by atoms with E-state index in [0.717, 1.165) is 30.4 Å². The quantitative estimate of drug-likeness (QED) is 0.646. The molecule has 0 atom stereocenters. The van der Waals surface area contributed by atoms with Crippen molar-refractivity contribution in [2.75, 3.05) is 52.4 Å². The molecule has 8 nitrogen and oxygen atoms in total. The van der Waals surface area contributed by atoms with Crippen molar-refractivity contribution in [3.63, 3.8) is 0 Å². The Bertz CT molecular complexity index is 874. The van der Waals surface area contributed by atoms with Gasteiger partial charge in [0, 0.05) is 49.7 Å². The molecule has 1 aromatic rings. The van der Waals surface area contributed by atoms with Gasteiger partial charge in [-0.15, -0.1) is 0 Å². The van der Waals surface area contributed by atoms with E-state index in [1.165, 1.54) is 4.31 Å². The summed E-state index contributed by atoms with van der Waals surface area (Å²) in [6.45, 7) is 4.42. The molecule has 0 bridgehead atoms. The maximum atomic E-state index is 12.9. The zero-order chi connectivity index (χ0) is 20.4. The lowest BCUT2D eigenvalue weighted by Crippen LogP contribution is -2.53. The molecule has 158 valence electrons. The number of aliphatic imine (C=N–C) groups is 1. The fourth-order valence-corrected chi connectivity index (χ4v) is 5.68. The number of nitrogens with zero attached hydrogens (tertiary/aromatic N) is 4. The van der Waals surface area contributed by atoms with Gasteiger partial charge in [-0.1, -0.05) is 15.9 Å². The van der Waals surface area contributed by atoms with Crippen molar-refractivity contribution < 1.29 is 17.9 Å². The molecular weight excluding hydrogens is 460 g/mol. The highest BCUT2D eigenvalue weighted by Gasteiger charge is 2.34. The molecule has 2 saturated heterocycles. The van der Waals surface area contributed by atoms with Crippen LogP contribution in [0.15, 0.2) is 38.6 Å². The van der Waals surface area contributed by atoms with Crippen LogP contribution >= 0.6 is 15.9 Å². The Labute approximate surface area is 179 Å². The number of amidine groups is 1. The van der Waals surface area contributed by atoms with Crippen molar-refractivity contribution in [2.24, 2.45) is 10.9 Å². The van der Waals surface area contributed by atoms with E-state index in [0.29, 0.717) is 45.4 Å². The predicted molar refractivity (Wildman–Crippen MR) is 112 cm³/mol. The van der Waals surface area contributed by atoms with E-state index in [4.69, 9.17) is 4.74 Å². The third kappa shape index (κ3) is 4.44. The van der Waals surface area contributed by atoms with Gasteiger partial charge < -0.3 is 14.5 Å². The number of piperidine rings is 1. The van der Waals surface area contributed by atoms with Gasteiger partial charge in [0.1, 0.15) is 6.61 Å². The van der Waals surface area contributed by atoms with Gasteiger partial charge in [0.25, 0.3) is 6.02 Å². The molecule has 0 N–H and O–H groups in total. The van der Waals surface area contributed by atoms with Gasteiger partial charge in [0.15, 0.2) is 0 Å². The summed E-state index contributed by atoms with van der Waals surface area (Å²) in [4.78, 5) is 21.5. The highest BCUT2D eigenvalue weighted by Crippen LogP contribution is 2.24. The number of benzene rings is 1. The van der Waals surface area contributed by atoms with Gasteiger partial charge in [0.05, 0.1) is 11.4 Å². The van der Waals surface area contributed by atoms with Gasteiger partial charge in [-0.2, -0.15) is 4.31 Å². The molecule has 10 heteroatoms. The number of hydrogen-bond donors (Lipinski definition) is 0. The van der Waals surface area contributed by atoms with Gasteiger partial charge in [-0.3, -0.25) is 4.79 Å². The number of sulfonamides is 1. The van der Waals surface area contributed by atoms with Crippen LogP contribution < -0.4 is 0 Å². The Morgan fingerprint density at radius 3 is 2.28 bits per heavy atom. The topological polar surface area (TPSA) is 82.5 Å². The van der Waals surface area contributed by atoms with Crippen LogP contribution in [0.4, 0.5) is 0 Å². The molecule has 4 rings (SSSR count). The van der Waals surface area contributed by atoms with Crippen LogP contribution in [-0.4, -0.2) is 86.9 Å². The molecule has 0 aromatic heterocycles. The number of ether oxygens (including phenoxy) is 1. The van der Waals surface area contributed by atoms with Gasteiger partial charge in [0.2, 0.25) is 15.9 Å². The minimum atomic E-state index is -3.53. The lowest BCUT2D eigenvalue weighted by molar-refractivity contribution is -0.138. The molecule has 29 heavy (non-hydrogen) atoms. The number of amides is 1. The van der Waals surface area contributed by atoms with Crippen LogP contribution in [-0.2, 0) is 19.6 Å². The number of hydrogen-bond acceptors (Lipinski definition) is 6. The summed E-state index contributed by atoms with van der Waals surface area (Å²) in [5, 5.41) is 0. The van der Waals surface area contributed by atoms with Crippen molar-refractivity contribution in [3.8, 4) is 0 Å². The third-order valence-electron chi connectivity index (χ3n) is 5.69. The number of likely N-dealkylation sites (tertiary alicyclic amines) is 1. The number of halogens is 1. The Hall–Kier alpha value is -1.65. The average Bonchev–Trinajstić information content (AvgIpc) is 3.29. The summed E-state index contributed by atoms with van der Waals surface area (Å²) in [5.41, 5.74) is 0. The number of piperazine rings is 1. The van der Waals surface area contributed by atoms with Crippen LogP contribution in [0.2, 0.25) is 0 Å². The molecule has 0 unspecified atom stereocenters. The maximum Gasteiger partial charge on any atom is 0.287 e. The van der Waals surface area contributed by atoms with E-state index in [2.05, 4.69) is 25.8 Å². The number of rotatable bonds is 3. The van der Waals surface area contributed by atoms with Crippen LogP contribution in [0.1, 0.15) is 12.8 Å². The van der Waals surface area contributed by atoms with Crippen molar-refractivity contribution >= 4 is 37.9 Å². The summed E-state index contributed by atoms with van der Waals surface area (Å²) in [7, 11) is -3.53. The molecule has 0 spiro atoms. The zero-order valence-corrected chi connectivity index (χ0v) is 18.6. The van der Waals surface area contributed by atoms with Gasteiger partial charge in [-0.05, 0) is 37.1 Å². The molecular formula is C19H25BrN4O4S. The number of carbonyl (C=O) groups excluding carboxylic acids is 1.